The third-order valence-electron chi connectivity index (χ3n) is 4.21. The Morgan fingerprint density at radius 3 is 2.50 bits per heavy atom. The minimum atomic E-state index is -0.504. The van der Waals surface area contributed by atoms with Crippen LogP contribution in [0.25, 0.3) is 0 Å². The van der Waals surface area contributed by atoms with Crippen molar-refractivity contribution in [3.05, 3.63) is 17.0 Å². The van der Waals surface area contributed by atoms with Crippen molar-refractivity contribution < 1.29 is 9.53 Å². The Morgan fingerprint density at radius 2 is 1.96 bits per heavy atom. The number of piperazine rings is 1. The molecule has 0 aliphatic carbocycles. The lowest BCUT2D eigenvalue weighted by Gasteiger charge is -2.41. The molecule has 2 fully saturated rings. The average molecular weight is 350 g/mol. The van der Waals surface area contributed by atoms with E-state index in [1.807, 2.05) is 31.7 Å². The zero-order valence-corrected chi connectivity index (χ0v) is 14.7. The van der Waals surface area contributed by atoms with Crippen molar-refractivity contribution in [2.45, 2.75) is 51.3 Å². The fraction of sp³-hybridized carbons (Fsp3) is 0.625. The maximum absolute atomic E-state index is 12.5. The summed E-state index contributed by atoms with van der Waals surface area (Å²) in [5.74, 6) is 0.632. The number of halogens is 1. The van der Waals surface area contributed by atoms with E-state index in [4.69, 9.17) is 21.6 Å². The number of ether oxygens (including phenoxy) is 1. The zero-order valence-electron chi connectivity index (χ0n) is 14.0. The van der Waals surface area contributed by atoms with Crippen LogP contribution in [0.2, 0.25) is 5.28 Å². The average Bonchev–Trinajstić information content (AvgIpc) is 2.75. The van der Waals surface area contributed by atoms with E-state index < -0.39 is 5.60 Å². The molecule has 2 aliphatic rings. The lowest BCUT2D eigenvalue weighted by molar-refractivity contribution is 0.0122. The molecule has 3 rings (SSSR count). The van der Waals surface area contributed by atoms with Crippen LogP contribution in [0.5, 0.6) is 0 Å². The molecule has 0 unspecified atom stereocenters. The molecule has 1 amide bonds. The number of nitrogens with zero attached hydrogens (tertiary/aromatic N) is 5. The fourth-order valence-electron chi connectivity index (χ4n) is 3.33. The number of hydrogen-bond acceptors (Lipinski definition) is 6. The monoisotopic (exact) mass is 349 g/mol. The highest BCUT2D eigenvalue weighted by molar-refractivity contribution is 6.28. The molecule has 0 saturated carbocycles. The molecule has 0 aromatic carbocycles. The Balaban J connectivity index is 1.77. The van der Waals surface area contributed by atoms with E-state index in [0.717, 1.165) is 12.8 Å². The number of aromatic nitrogens is 2. The van der Waals surface area contributed by atoms with Crippen LogP contribution in [0.15, 0.2) is 6.07 Å². The van der Waals surface area contributed by atoms with Gasteiger partial charge in [0.05, 0.1) is 12.1 Å². The van der Waals surface area contributed by atoms with Gasteiger partial charge in [0.15, 0.2) is 0 Å². The van der Waals surface area contributed by atoms with E-state index >= 15 is 0 Å². The van der Waals surface area contributed by atoms with Crippen LogP contribution in [0.4, 0.5) is 10.6 Å². The molecule has 2 atom stereocenters. The van der Waals surface area contributed by atoms with Crippen molar-refractivity contribution in [1.82, 2.24) is 14.9 Å². The summed E-state index contributed by atoms with van der Waals surface area (Å²) in [5.41, 5.74) is -0.262. The maximum atomic E-state index is 12.5. The molecular weight excluding hydrogens is 330 g/mol. The van der Waals surface area contributed by atoms with Crippen LogP contribution in [-0.2, 0) is 4.74 Å². The molecular formula is C16H20ClN5O2. The van der Waals surface area contributed by atoms with Crippen molar-refractivity contribution in [2.75, 3.05) is 18.0 Å². The topological polar surface area (TPSA) is 82.4 Å². The van der Waals surface area contributed by atoms with Gasteiger partial charge in [-0.3, -0.25) is 4.90 Å². The highest BCUT2D eigenvalue weighted by Crippen LogP contribution is 2.33. The molecule has 24 heavy (non-hydrogen) atoms. The minimum absolute atomic E-state index is 0.0611. The van der Waals surface area contributed by atoms with E-state index in [1.165, 1.54) is 0 Å². The Morgan fingerprint density at radius 1 is 1.33 bits per heavy atom. The number of nitriles is 1. The number of carbonyl (C=O) groups is 1. The molecule has 2 aliphatic heterocycles. The van der Waals surface area contributed by atoms with Gasteiger partial charge in [-0.05, 0) is 45.2 Å². The van der Waals surface area contributed by atoms with Crippen molar-refractivity contribution in [1.29, 1.82) is 5.26 Å². The normalized spacial score (nSPS) is 23.1. The van der Waals surface area contributed by atoms with Crippen molar-refractivity contribution in [2.24, 2.45) is 0 Å². The van der Waals surface area contributed by atoms with E-state index in [2.05, 4.69) is 14.9 Å². The first-order valence-corrected chi connectivity index (χ1v) is 8.35. The smallest absolute Gasteiger partial charge is 0.410 e. The minimum Gasteiger partial charge on any atom is -0.444 e. The van der Waals surface area contributed by atoms with Crippen LogP contribution < -0.4 is 4.90 Å². The van der Waals surface area contributed by atoms with Crippen molar-refractivity contribution in [3.8, 4) is 6.07 Å². The van der Waals surface area contributed by atoms with Crippen LogP contribution in [0.3, 0.4) is 0 Å². The summed E-state index contributed by atoms with van der Waals surface area (Å²) in [6.07, 6.45) is 1.61. The van der Waals surface area contributed by atoms with Gasteiger partial charge in [-0.15, -0.1) is 0 Å². The van der Waals surface area contributed by atoms with Crippen LogP contribution in [-0.4, -0.2) is 51.7 Å². The van der Waals surface area contributed by atoms with Gasteiger partial charge < -0.3 is 9.64 Å². The number of anilines is 1. The van der Waals surface area contributed by atoms with E-state index in [9.17, 15) is 4.79 Å². The van der Waals surface area contributed by atoms with Gasteiger partial charge >= 0.3 is 6.09 Å². The largest absolute Gasteiger partial charge is 0.444 e. The number of carbonyl (C=O) groups excluding carboxylic acids is 1. The summed E-state index contributed by atoms with van der Waals surface area (Å²) in [6.45, 7) is 6.90. The second-order valence-electron chi connectivity index (χ2n) is 7.17. The molecule has 128 valence electrons. The van der Waals surface area contributed by atoms with Crippen LogP contribution in [0, 0.1) is 11.3 Å². The second kappa shape index (κ2) is 6.10. The van der Waals surface area contributed by atoms with Crippen LogP contribution >= 0.6 is 11.6 Å². The van der Waals surface area contributed by atoms with Crippen LogP contribution in [0.1, 0.15) is 39.3 Å². The predicted octanol–water partition coefficient (Wildman–Crippen LogP) is 2.59. The van der Waals surface area contributed by atoms with Gasteiger partial charge in [0.1, 0.15) is 23.2 Å². The summed E-state index contributed by atoms with van der Waals surface area (Å²) in [5, 5.41) is 9.10. The molecule has 8 heteroatoms. The molecule has 0 spiro atoms. The fourth-order valence-corrected chi connectivity index (χ4v) is 3.51. The molecule has 2 saturated heterocycles. The Bertz CT molecular complexity index is 683. The molecule has 7 nitrogen and oxygen atoms in total. The van der Waals surface area contributed by atoms with Gasteiger partial charge in [-0.2, -0.15) is 5.26 Å². The Hall–Kier alpha value is -2.07. The van der Waals surface area contributed by atoms with Gasteiger partial charge in [0.2, 0.25) is 5.28 Å². The second-order valence-corrected chi connectivity index (χ2v) is 7.51. The summed E-state index contributed by atoms with van der Waals surface area (Å²) in [4.78, 5) is 24.5. The number of rotatable bonds is 1. The number of hydrogen-bond donors (Lipinski definition) is 0. The van der Waals surface area contributed by atoms with E-state index in [1.54, 1.807) is 6.07 Å². The quantitative estimate of drug-likeness (QED) is 0.725. The highest BCUT2D eigenvalue weighted by atomic mass is 35.5. The standard InChI is InChI=1S/C16H20ClN5O2/c1-16(2,3)24-15(23)22-11-4-5-12(22)9-21(8-11)13-6-10(7-18)19-14(17)20-13/h6,11-12H,4-5,8-9H2,1-3H3/t11-,12+. The molecule has 3 heterocycles. The van der Waals surface area contributed by atoms with Gasteiger partial charge in [-0.1, -0.05) is 0 Å². The number of fused-ring (bicyclic) bond motifs is 2. The molecule has 1 aromatic rings. The summed E-state index contributed by atoms with van der Waals surface area (Å²) < 4.78 is 5.53. The SMILES string of the molecule is CC(C)(C)OC(=O)N1[C@@H]2CC[C@H]1CN(c1cc(C#N)nc(Cl)n1)C2. The zero-order chi connectivity index (χ0) is 17.5. The summed E-state index contributed by atoms with van der Waals surface area (Å²) in [6, 6.07) is 3.79. The predicted molar refractivity (Wildman–Crippen MR) is 88.9 cm³/mol. The first-order valence-electron chi connectivity index (χ1n) is 7.98. The summed E-state index contributed by atoms with van der Waals surface area (Å²) >= 11 is 5.90. The third kappa shape index (κ3) is 3.39. The van der Waals surface area contributed by atoms with Crippen molar-refractivity contribution in [3.63, 3.8) is 0 Å². The third-order valence-corrected chi connectivity index (χ3v) is 4.38. The lowest BCUT2D eigenvalue weighted by atomic mass is 10.2. The lowest BCUT2D eigenvalue weighted by Crippen LogP contribution is -2.57. The Kier molecular flexibility index (Phi) is 4.26. The first-order chi connectivity index (χ1) is 11.3. The molecule has 0 N–H and O–H groups in total. The molecule has 1 aromatic heterocycles. The van der Waals surface area contributed by atoms with Crippen molar-refractivity contribution >= 4 is 23.5 Å². The first kappa shape index (κ1) is 16.8. The maximum Gasteiger partial charge on any atom is 0.410 e. The van der Waals surface area contributed by atoms with Gasteiger partial charge in [0.25, 0.3) is 0 Å². The molecule has 0 radical (unpaired) electrons. The molecule has 2 bridgehead atoms. The summed E-state index contributed by atoms with van der Waals surface area (Å²) in [7, 11) is 0. The van der Waals surface area contributed by atoms with Gasteiger partial charge in [-0.25, -0.2) is 14.8 Å². The highest BCUT2D eigenvalue weighted by Gasteiger charge is 2.44. The van der Waals surface area contributed by atoms with E-state index in [-0.39, 0.29) is 29.2 Å². The van der Waals surface area contributed by atoms with Gasteiger partial charge in [0, 0.05) is 19.2 Å². The Labute approximate surface area is 146 Å². The van der Waals surface area contributed by atoms with E-state index in [0.29, 0.717) is 18.9 Å². The number of amides is 1.